The van der Waals surface area contributed by atoms with Gasteiger partial charge in [-0.05, 0) is 39.0 Å². The van der Waals surface area contributed by atoms with Gasteiger partial charge in [0.05, 0.1) is 22.0 Å². The standard InChI is InChI=1S/C17H19ClN4S/c1-17(2,3)22-14-6-7-21(10-11(14)9-19-22)16-20-13-5-4-12(18)8-15(13)23-16/h4-5,8-9H,6-7,10H2,1-3H3. The Labute approximate surface area is 144 Å². The fourth-order valence-corrected chi connectivity index (χ4v) is 4.36. The molecule has 0 unspecified atom stereocenters. The number of benzene rings is 1. The van der Waals surface area contributed by atoms with Crippen LogP contribution in [-0.2, 0) is 18.5 Å². The molecule has 0 N–H and O–H groups in total. The molecule has 0 bridgehead atoms. The van der Waals surface area contributed by atoms with Crippen LogP contribution in [0.1, 0.15) is 32.0 Å². The van der Waals surface area contributed by atoms with E-state index >= 15 is 0 Å². The van der Waals surface area contributed by atoms with Crippen LogP contribution >= 0.6 is 22.9 Å². The van der Waals surface area contributed by atoms with Crippen molar-refractivity contribution in [3.05, 3.63) is 40.7 Å². The molecule has 0 amide bonds. The SMILES string of the molecule is CC(C)(C)n1ncc2c1CCN(c1nc3ccc(Cl)cc3s1)C2. The van der Waals surface area contributed by atoms with Crippen molar-refractivity contribution < 1.29 is 0 Å². The number of nitrogens with zero attached hydrogens (tertiary/aromatic N) is 4. The quantitative estimate of drug-likeness (QED) is 0.652. The van der Waals surface area contributed by atoms with Crippen molar-refractivity contribution in [3.63, 3.8) is 0 Å². The second-order valence-electron chi connectivity index (χ2n) is 6.98. The third kappa shape index (κ3) is 2.62. The molecule has 0 saturated heterocycles. The van der Waals surface area contributed by atoms with Gasteiger partial charge in [0.15, 0.2) is 5.13 Å². The van der Waals surface area contributed by atoms with Crippen molar-refractivity contribution in [1.82, 2.24) is 14.8 Å². The summed E-state index contributed by atoms with van der Waals surface area (Å²) >= 11 is 7.79. The van der Waals surface area contributed by atoms with Crippen LogP contribution in [0.3, 0.4) is 0 Å². The van der Waals surface area contributed by atoms with Crippen molar-refractivity contribution in [2.24, 2.45) is 0 Å². The van der Waals surface area contributed by atoms with Crippen molar-refractivity contribution >= 4 is 38.3 Å². The van der Waals surface area contributed by atoms with Gasteiger partial charge in [-0.25, -0.2) is 4.98 Å². The van der Waals surface area contributed by atoms with E-state index in [1.54, 1.807) is 11.3 Å². The predicted molar refractivity (Wildman–Crippen MR) is 96.6 cm³/mol. The van der Waals surface area contributed by atoms with Crippen LogP contribution in [0.5, 0.6) is 0 Å². The molecule has 0 spiro atoms. The third-order valence-corrected chi connectivity index (χ3v) is 5.49. The lowest BCUT2D eigenvalue weighted by molar-refractivity contribution is 0.341. The van der Waals surface area contributed by atoms with Gasteiger partial charge in [0.1, 0.15) is 0 Å². The predicted octanol–water partition coefficient (Wildman–Crippen LogP) is 4.46. The topological polar surface area (TPSA) is 34.0 Å². The summed E-state index contributed by atoms with van der Waals surface area (Å²) in [7, 11) is 0. The van der Waals surface area contributed by atoms with Crippen molar-refractivity contribution in [2.75, 3.05) is 11.4 Å². The molecule has 120 valence electrons. The lowest BCUT2D eigenvalue weighted by atomic mass is 10.0. The van der Waals surface area contributed by atoms with E-state index in [0.29, 0.717) is 0 Å². The van der Waals surface area contributed by atoms with E-state index in [0.717, 1.165) is 39.9 Å². The molecule has 4 nitrogen and oxygen atoms in total. The smallest absolute Gasteiger partial charge is 0.186 e. The van der Waals surface area contributed by atoms with E-state index in [9.17, 15) is 0 Å². The zero-order chi connectivity index (χ0) is 16.2. The van der Waals surface area contributed by atoms with Crippen LogP contribution < -0.4 is 4.90 Å². The first-order chi connectivity index (χ1) is 10.9. The highest BCUT2D eigenvalue weighted by Gasteiger charge is 2.26. The zero-order valence-electron chi connectivity index (χ0n) is 13.5. The normalized spacial score (nSPS) is 15.2. The van der Waals surface area contributed by atoms with Crippen molar-refractivity contribution in [1.29, 1.82) is 0 Å². The molecule has 0 fully saturated rings. The summed E-state index contributed by atoms with van der Waals surface area (Å²) in [6.45, 7) is 8.44. The highest BCUT2D eigenvalue weighted by Crippen LogP contribution is 2.34. The fourth-order valence-electron chi connectivity index (χ4n) is 3.09. The lowest BCUT2D eigenvalue weighted by Crippen LogP contribution is -2.33. The Morgan fingerprint density at radius 2 is 2.09 bits per heavy atom. The highest BCUT2D eigenvalue weighted by atomic mass is 35.5. The van der Waals surface area contributed by atoms with Gasteiger partial charge in [-0.3, -0.25) is 4.68 Å². The molecule has 0 radical (unpaired) electrons. The van der Waals surface area contributed by atoms with E-state index in [1.807, 2.05) is 24.4 Å². The minimum atomic E-state index is 0.0301. The average molecular weight is 347 g/mol. The van der Waals surface area contributed by atoms with Crippen LogP contribution in [0.2, 0.25) is 5.02 Å². The maximum atomic E-state index is 6.08. The first-order valence-corrected chi connectivity index (χ1v) is 8.98. The van der Waals surface area contributed by atoms with E-state index in [2.05, 4.69) is 35.5 Å². The second kappa shape index (κ2) is 5.21. The maximum Gasteiger partial charge on any atom is 0.186 e. The summed E-state index contributed by atoms with van der Waals surface area (Å²) in [5.41, 5.74) is 3.72. The Bertz CT molecular complexity index is 874. The Morgan fingerprint density at radius 3 is 2.87 bits per heavy atom. The Balaban J connectivity index is 1.66. The van der Waals surface area contributed by atoms with Gasteiger partial charge in [-0.2, -0.15) is 5.10 Å². The molecular formula is C17H19ClN4S. The number of hydrogen-bond donors (Lipinski definition) is 0. The summed E-state index contributed by atoms with van der Waals surface area (Å²) in [5, 5.41) is 6.44. The van der Waals surface area contributed by atoms with Crippen LogP contribution in [0.4, 0.5) is 5.13 Å². The molecule has 6 heteroatoms. The number of halogens is 1. The van der Waals surface area contributed by atoms with Gasteiger partial charge in [0, 0.05) is 35.8 Å². The average Bonchev–Trinajstić information content (AvgIpc) is 3.08. The lowest BCUT2D eigenvalue weighted by Gasteiger charge is -2.29. The molecule has 1 aliphatic rings. The first kappa shape index (κ1) is 15.0. The minimum Gasteiger partial charge on any atom is -0.343 e. The molecule has 3 aromatic rings. The number of anilines is 1. The Kier molecular flexibility index (Phi) is 3.39. The largest absolute Gasteiger partial charge is 0.343 e. The van der Waals surface area contributed by atoms with Gasteiger partial charge >= 0.3 is 0 Å². The van der Waals surface area contributed by atoms with Crippen LogP contribution in [0.15, 0.2) is 24.4 Å². The van der Waals surface area contributed by atoms with E-state index in [-0.39, 0.29) is 5.54 Å². The molecule has 2 aromatic heterocycles. The molecule has 0 saturated carbocycles. The van der Waals surface area contributed by atoms with Gasteiger partial charge in [-0.15, -0.1) is 0 Å². The summed E-state index contributed by atoms with van der Waals surface area (Å²) < 4.78 is 3.31. The first-order valence-electron chi connectivity index (χ1n) is 7.79. The van der Waals surface area contributed by atoms with Gasteiger partial charge < -0.3 is 4.90 Å². The summed E-state index contributed by atoms with van der Waals surface area (Å²) in [4.78, 5) is 7.11. The summed E-state index contributed by atoms with van der Waals surface area (Å²) in [6, 6.07) is 5.88. The van der Waals surface area contributed by atoms with E-state index < -0.39 is 0 Å². The van der Waals surface area contributed by atoms with Gasteiger partial charge in [0.25, 0.3) is 0 Å². The van der Waals surface area contributed by atoms with Gasteiger partial charge in [0.2, 0.25) is 0 Å². The van der Waals surface area contributed by atoms with E-state index in [4.69, 9.17) is 16.6 Å². The number of aromatic nitrogens is 3. The number of rotatable bonds is 1. The van der Waals surface area contributed by atoms with E-state index in [1.165, 1.54) is 11.3 Å². The Hall–Kier alpha value is -1.59. The third-order valence-electron chi connectivity index (χ3n) is 4.18. The molecular weight excluding hydrogens is 328 g/mol. The zero-order valence-corrected chi connectivity index (χ0v) is 15.1. The highest BCUT2D eigenvalue weighted by molar-refractivity contribution is 7.22. The molecule has 0 aliphatic carbocycles. The molecule has 4 rings (SSSR count). The monoisotopic (exact) mass is 346 g/mol. The molecule has 1 aromatic carbocycles. The number of fused-ring (bicyclic) bond motifs is 2. The van der Waals surface area contributed by atoms with Crippen LogP contribution in [0, 0.1) is 0 Å². The van der Waals surface area contributed by atoms with Gasteiger partial charge in [-0.1, -0.05) is 22.9 Å². The summed E-state index contributed by atoms with van der Waals surface area (Å²) in [6.07, 6.45) is 3.01. The van der Waals surface area contributed by atoms with Crippen LogP contribution in [0.25, 0.3) is 10.2 Å². The minimum absolute atomic E-state index is 0.0301. The maximum absolute atomic E-state index is 6.08. The fraction of sp³-hybridized carbons (Fsp3) is 0.412. The molecule has 3 heterocycles. The summed E-state index contributed by atoms with van der Waals surface area (Å²) in [5.74, 6) is 0. The molecule has 1 aliphatic heterocycles. The second-order valence-corrected chi connectivity index (χ2v) is 8.42. The Morgan fingerprint density at radius 1 is 1.26 bits per heavy atom. The number of hydrogen-bond acceptors (Lipinski definition) is 4. The molecule has 0 atom stereocenters. The number of thiazole rings is 1. The van der Waals surface area contributed by atoms with Crippen molar-refractivity contribution in [3.8, 4) is 0 Å². The molecule has 23 heavy (non-hydrogen) atoms. The van der Waals surface area contributed by atoms with Crippen LogP contribution in [-0.4, -0.2) is 21.3 Å². The van der Waals surface area contributed by atoms with Crippen molar-refractivity contribution in [2.45, 2.75) is 39.3 Å².